The number of para-hydroxylation sites is 1. The van der Waals surface area contributed by atoms with E-state index in [1.54, 1.807) is 18.2 Å². The molecule has 2 heterocycles. The van der Waals surface area contributed by atoms with E-state index >= 15 is 0 Å². The zero-order chi connectivity index (χ0) is 26.7. The Morgan fingerprint density at radius 1 is 1.11 bits per heavy atom. The highest BCUT2D eigenvalue weighted by molar-refractivity contribution is 9.12. The molecule has 4 atom stereocenters. The number of nitrogens with zero attached hydrogens (tertiary/aromatic N) is 1. The molecule has 1 fully saturated rings. The van der Waals surface area contributed by atoms with Gasteiger partial charge in [0.15, 0.2) is 23.1 Å². The van der Waals surface area contributed by atoms with Gasteiger partial charge < -0.3 is 9.84 Å². The molecule has 0 bridgehead atoms. The van der Waals surface area contributed by atoms with E-state index in [2.05, 4.69) is 15.9 Å². The Morgan fingerprint density at radius 3 is 2.66 bits per heavy atom. The quantitative estimate of drug-likeness (QED) is 0.303. The highest BCUT2D eigenvalue weighted by Gasteiger charge is 2.56. The average molecular weight is 594 g/mol. The van der Waals surface area contributed by atoms with Crippen LogP contribution in [0.1, 0.15) is 36.1 Å². The smallest absolute Gasteiger partial charge is 0.234 e. The molecule has 1 aromatic carbocycles. The first-order valence-corrected chi connectivity index (χ1v) is 14.2. The third kappa shape index (κ3) is 3.74. The van der Waals surface area contributed by atoms with Crippen LogP contribution in [0.4, 0.5) is 0 Å². The number of benzene rings is 1. The monoisotopic (exact) mass is 593 g/mol. The molecular formula is C29H24BrNO6S. The predicted molar refractivity (Wildman–Crippen MR) is 144 cm³/mol. The first kappa shape index (κ1) is 25.0. The summed E-state index contributed by atoms with van der Waals surface area (Å²) in [5.74, 6) is -3.22. The van der Waals surface area contributed by atoms with Crippen LogP contribution in [0.2, 0.25) is 0 Å². The van der Waals surface area contributed by atoms with Crippen LogP contribution in [0.25, 0.3) is 0 Å². The van der Waals surface area contributed by atoms with E-state index in [0.29, 0.717) is 29.7 Å². The molecule has 6 rings (SSSR count). The topological polar surface area (TPSA) is 101 Å². The fraction of sp³-hybridized carbons (Fsp3) is 0.310. The van der Waals surface area contributed by atoms with E-state index in [4.69, 9.17) is 4.74 Å². The summed E-state index contributed by atoms with van der Waals surface area (Å²) in [5.41, 5.74) is 1.88. The molecule has 7 nitrogen and oxygen atoms in total. The maximum atomic E-state index is 13.8. The van der Waals surface area contributed by atoms with Crippen molar-refractivity contribution in [1.82, 2.24) is 4.90 Å². The van der Waals surface area contributed by atoms with Crippen molar-refractivity contribution in [1.29, 1.82) is 0 Å². The maximum Gasteiger partial charge on any atom is 0.234 e. The van der Waals surface area contributed by atoms with Crippen LogP contribution in [0, 0.1) is 17.8 Å². The van der Waals surface area contributed by atoms with Crippen molar-refractivity contribution in [3.63, 3.8) is 0 Å². The number of fused-ring (bicyclic) bond motifs is 3. The number of ether oxygens (including phenoxy) is 1. The first-order chi connectivity index (χ1) is 18.3. The molecule has 0 saturated carbocycles. The van der Waals surface area contributed by atoms with Crippen LogP contribution in [0.15, 0.2) is 69.1 Å². The molecule has 1 aromatic heterocycles. The van der Waals surface area contributed by atoms with Gasteiger partial charge in [-0.15, -0.1) is 11.3 Å². The molecule has 2 amide bonds. The third-order valence-electron chi connectivity index (χ3n) is 7.96. The van der Waals surface area contributed by atoms with Crippen molar-refractivity contribution in [2.24, 2.45) is 17.8 Å². The summed E-state index contributed by atoms with van der Waals surface area (Å²) in [6.07, 6.45) is 3.76. The van der Waals surface area contributed by atoms with Gasteiger partial charge in [0.25, 0.3) is 0 Å². The highest BCUT2D eigenvalue weighted by Crippen LogP contribution is 2.57. The van der Waals surface area contributed by atoms with Gasteiger partial charge in [-0.2, -0.15) is 0 Å². The van der Waals surface area contributed by atoms with Gasteiger partial charge in [-0.3, -0.25) is 24.1 Å². The molecule has 38 heavy (non-hydrogen) atoms. The molecule has 0 radical (unpaired) electrons. The Hall–Kier alpha value is -3.30. The molecule has 2 aromatic rings. The minimum atomic E-state index is -0.729. The van der Waals surface area contributed by atoms with E-state index in [0.717, 1.165) is 10.5 Å². The molecule has 4 aliphatic rings. The number of halogens is 1. The molecule has 0 spiro atoms. The summed E-state index contributed by atoms with van der Waals surface area (Å²) in [6.45, 7) is 2.38. The molecule has 9 heteroatoms. The van der Waals surface area contributed by atoms with Gasteiger partial charge in [0.1, 0.15) is 0 Å². The number of hydrogen-bond donors (Lipinski definition) is 1. The van der Waals surface area contributed by atoms with Crippen molar-refractivity contribution in [3.8, 4) is 11.5 Å². The summed E-state index contributed by atoms with van der Waals surface area (Å²) in [5, 5.41) is 13.1. The van der Waals surface area contributed by atoms with Gasteiger partial charge >= 0.3 is 0 Å². The summed E-state index contributed by atoms with van der Waals surface area (Å²) >= 11 is 4.72. The molecule has 3 aliphatic carbocycles. The second kappa shape index (κ2) is 9.47. The van der Waals surface area contributed by atoms with Crippen molar-refractivity contribution < 1.29 is 29.0 Å². The molecule has 4 unspecified atom stereocenters. The lowest BCUT2D eigenvalue weighted by molar-refractivity contribution is -0.140. The summed E-state index contributed by atoms with van der Waals surface area (Å²) < 4.78 is 5.78. The lowest BCUT2D eigenvalue weighted by Gasteiger charge is -2.42. The summed E-state index contributed by atoms with van der Waals surface area (Å²) in [7, 11) is 0. The zero-order valence-electron chi connectivity index (χ0n) is 20.5. The number of rotatable bonds is 5. The number of likely N-dealkylation sites (tertiary alicyclic amines) is 1. The highest BCUT2D eigenvalue weighted by atomic mass is 79.9. The van der Waals surface area contributed by atoms with E-state index in [-0.39, 0.29) is 52.3 Å². The lowest BCUT2D eigenvalue weighted by Crippen LogP contribution is -2.39. The standard InChI is InChI=1S/C29H24BrNO6S/c1-2-37-22-7-3-6-16(27(22)34)23-15-8-9-17-24(29(36)31(28(17)35)13-14-5-4-10-38-14)18(15)11-19-25(23)21(32)12-20(30)26(19)33/h3-8,10,12,17-18,23-24,34H,2,9,11,13H2,1H3. The molecule has 1 aliphatic heterocycles. The van der Waals surface area contributed by atoms with Crippen molar-refractivity contribution >= 4 is 50.6 Å². The molecule has 194 valence electrons. The minimum absolute atomic E-state index is 0.100. The predicted octanol–water partition coefficient (Wildman–Crippen LogP) is 4.81. The number of carbonyl (C=O) groups is 4. The lowest BCUT2D eigenvalue weighted by atomic mass is 9.59. The van der Waals surface area contributed by atoms with Gasteiger partial charge in [0, 0.05) is 33.6 Å². The van der Waals surface area contributed by atoms with E-state index in [1.165, 1.54) is 22.3 Å². The fourth-order valence-electron chi connectivity index (χ4n) is 6.39. The minimum Gasteiger partial charge on any atom is -0.504 e. The number of phenols is 1. The Labute approximate surface area is 231 Å². The number of imide groups is 1. The number of aromatic hydroxyl groups is 1. The number of ketones is 2. The maximum absolute atomic E-state index is 13.8. The number of hydrogen-bond acceptors (Lipinski definition) is 7. The number of thiophene rings is 1. The van der Waals surface area contributed by atoms with Crippen LogP contribution in [-0.4, -0.2) is 40.0 Å². The van der Waals surface area contributed by atoms with Crippen LogP contribution in [0.3, 0.4) is 0 Å². The average Bonchev–Trinajstić information content (AvgIpc) is 3.50. The Balaban J connectivity index is 1.48. The number of carbonyl (C=O) groups excluding carboxylic acids is 4. The second-order valence-electron chi connectivity index (χ2n) is 9.86. The largest absolute Gasteiger partial charge is 0.504 e. The second-order valence-corrected chi connectivity index (χ2v) is 11.7. The normalized spacial score (nSPS) is 26.6. The van der Waals surface area contributed by atoms with Crippen LogP contribution >= 0.6 is 27.3 Å². The SMILES string of the molecule is CCOc1cccc(C2C3=CCC4C(=O)N(Cc5cccs5)C(=O)C4C3CC3=C2C(=O)C=C(Br)C3=O)c1O. The third-order valence-corrected chi connectivity index (χ3v) is 9.41. The number of Topliss-reactive ketones (excluding diaryl/α,β-unsaturated/α-hetero) is 1. The van der Waals surface area contributed by atoms with E-state index < -0.39 is 23.7 Å². The Bertz CT molecular complexity index is 1490. The van der Waals surface area contributed by atoms with Gasteiger partial charge in [-0.1, -0.05) is 29.8 Å². The molecule has 1 N–H and O–H groups in total. The summed E-state index contributed by atoms with van der Waals surface area (Å²) in [4.78, 5) is 56.1. The number of phenolic OH excluding ortho intramolecular Hbond substituents is 1. The molecule has 1 saturated heterocycles. The van der Waals surface area contributed by atoms with Gasteiger partial charge in [0.2, 0.25) is 11.8 Å². The summed E-state index contributed by atoms with van der Waals surface area (Å²) in [6, 6.07) is 8.89. The van der Waals surface area contributed by atoms with Crippen molar-refractivity contribution in [2.75, 3.05) is 6.61 Å². The Morgan fingerprint density at radius 2 is 1.92 bits per heavy atom. The van der Waals surface area contributed by atoms with E-state index in [1.807, 2.05) is 30.5 Å². The molecular weight excluding hydrogens is 570 g/mol. The fourth-order valence-corrected chi connectivity index (χ4v) is 7.53. The van der Waals surface area contributed by atoms with Crippen LogP contribution in [0.5, 0.6) is 11.5 Å². The van der Waals surface area contributed by atoms with Gasteiger partial charge in [0.05, 0.1) is 29.5 Å². The number of amides is 2. The zero-order valence-corrected chi connectivity index (χ0v) is 22.9. The first-order valence-electron chi connectivity index (χ1n) is 12.5. The van der Waals surface area contributed by atoms with Crippen LogP contribution < -0.4 is 4.74 Å². The Kier molecular flexibility index (Phi) is 6.23. The van der Waals surface area contributed by atoms with Gasteiger partial charge in [-0.05, 0) is 59.1 Å². The van der Waals surface area contributed by atoms with E-state index in [9.17, 15) is 24.3 Å². The number of allylic oxidation sites excluding steroid dienone is 6. The van der Waals surface area contributed by atoms with Crippen molar-refractivity contribution in [3.05, 3.63) is 79.5 Å². The van der Waals surface area contributed by atoms with Crippen LogP contribution in [-0.2, 0) is 25.7 Å². The van der Waals surface area contributed by atoms with Gasteiger partial charge in [-0.25, -0.2) is 0 Å². The van der Waals surface area contributed by atoms with Crippen molar-refractivity contribution in [2.45, 2.75) is 32.2 Å².